The molecular formula is C60H41N3O. The van der Waals surface area contributed by atoms with Crippen LogP contribution in [0.5, 0.6) is 0 Å². The molecule has 64 heavy (non-hydrogen) atoms. The van der Waals surface area contributed by atoms with E-state index in [1.807, 2.05) is 12.1 Å². The number of hydrogen-bond donors (Lipinski definition) is 0. The van der Waals surface area contributed by atoms with Crippen LogP contribution in [0, 0.1) is 0 Å². The summed E-state index contributed by atoms with van der Waals surface area (Å²) in [5.74, 6) is 1.79. The molecule has 0 atom stereocenters. The number of nitrogens with zero attached hydrogens (tertiary/aromatic N) is 3. The van der Waals surface area contributed by atoms with Gasteiger partial charge in [-0.25, -0.2) is 15.0 Å². The van der Waals surface area contributed by atoms with E-state index in [0.717, 1.165) is 72.0 Å². The average molecular weight is 820 g/mol. The molecule has 0 spiro atoms. The van der Waals surface area contributed by atoms with Crippen molar-refractivity contribution in [1.82, 2.24) is 15.0 Å². The van der Waals surface area contributed by atoms with Gasteiger partial charge in [0, 0.05) is 32.9 Å². The first-order valence-corrected chi connectivity index (χ1v) is 21.8. The van der Waals surface area contributed by atoms with Crippen molar-refractivity contribution in [3.05, 3.63) is 223 Å². The van der Waals surface area contributed by atoms with Gasteiger partial charge in [0.15, 0.2) is 17.5 Å². The highest BCUT2D eigenvalue weighted by Crippen LogP contribution is 2.49. The molecule has 0 aliphatic heterocycles. The molecule has 11 aromatic rings. The summed E-state index contributed by atoms with van der Waals surface area (Å²) in [6.07, 6.45) is 0. The Morgan fingerprint density at radius 2 is 0.781 bits per heavy atom. The zero-order chi connectivity index (χ0) is 42.8. The third-order valence-corrected chi connectivity index (χ3v) is 12.9. The van der Waals surface area contributed by atoms with Crippen LogP contribution in [-0.2, 0) is 5.41 Å². The predicted octanol–water partition coefficient (Wildman–Crippen LogP) is 15.7. The minimum atomic E-state index is -0.112. The van der Waals surface area contributed by atoms with Gasteiger partial charge in [-0.3, -0.25) is 0 Å². The lowest BCUT2D eigenvalue weighted by molar-refractivity contribution is 0.660. The number of fused-ring (bicyclic) bond motifs is 6. The van der Waals surface area contributed by atoms with E-state index in [1.54, 1.807) is 0 Å². The molecule has 2 aromatic heterocycles. The van der Waals surface area contributed by atoms with Gasteiger partial charge in [0.2, 0.25) is 0 Å². The summed E-state index contributed by atoms with van der Waals surface area (Å²) in [5.41, 5.74) is 18.4. The van der Waals surface area contributed by atoms with E-state index in [4.69, 9.17) is 19.4 Å². The molecule has 1 aliphatic carbocycles. The van der Waals surface area contributed by atoms with Crippen LogP contribution >= 0.6 is 0 Å². The fraction of sp³-hybridized carbons (Fsp3) is 0.0500. The Morgan fingerprint density at radius 1 is 0.312 bits per heavy atom. The van der Waals surface area contributed by atoms with Gasteiger partial charge in [0.25, 0.3) is 0 Å². The van der Waals surface area contributed by atoms with E-state index >= 15 is 0 Å². The monoisotopic (exact) mass is 819 g/mol. The number of benzene rings is 9. The fourth-order valence-corrected chi connectivity index (χ4v) is 9.65. The van der Waals surface area contributed by atoms with Gasteiger partial charge in [-0.15, -0.1) is 0 Å². The molecule has 0 N–H and O–H groups in total. The van der Waals surface area contributed by atoms with Crippen molar-refractivity contribution in [3.8, 4) is 89.8 Å². The number of hydrogen-bond acceptors (Lipinski definition) is 4. The largest absolute Gasteiger partial charge is 0.456 e. The van der Waals surface area contributed by atoms with Crippen molar-refractivity contribution in [2.75, 3.05) is 0 Å². The summed E-state index contributed by atoms with van der Waals surface area (Å²) in [7, 11) is 0. The minimum Gasteiger partial charge on any atom is -0.456 e. The van der Waals surface area contributed by atoms with Crippen molar-refractivity contribution < 1.29 is 4.42 Å². The maximum absolute atomic E-state index is 6.66. The molecule has 0 unspecified atom stereocenters. The molecule has 2 heterocycles. The van der Waals surface area contributed by atoms with Crippen LogP contribution in [0.2, 0.25) is 0 Å². The smallest absolute Gasteiger partial charge is 0.164 e. The fourth-order valence-electron chi connectivity index (χ4n) is 9.65. The Morgan fingerprint density at radius 3 is 1.44 bits per heavy atom. The maximum Gasteiger partial charge on any atom is 0.164 e. The summed E-state index contributed by atoms with van der Waals surface area (Å²) in [6.45, 7) is 4.61. The summed E-state index contributed by atoms with van der Waals surface area (Å²) in [4.78, 5) is 15.9. The highest BCUT2D eigenvalue weighted by Gasteiger charge is 2.35. The van der Waals surface area contributed by atoms with Gasteiger partial charge in [-0.1, -0.05) is 184 Å². The van der Waals surface area contributed by atoms with E-state index in [1.165, 1.54) is 33.4 Å². The van der Waals surface area contributed by atoms with Gasteiger partial charge in [-0.05, 0) is 109 Å². The summed E-state index contributed by atoms with van der Waals surface area (Å²) >= 11 is 0. The van der Waals surface area contributed by atoms with E-state index in [0.29, 0.717) is 17.5 Å². The molecule has 0 saturated heterocycles. The maximum atomic E-state index is 6.66. The SMILES string of the molecule is CC1(C)c2ccccc2-c2cc(-c3nc(-c4cc(-c5ccccc5)cc(-c5ccccc5)c4)nc(-c4ccc5c(c4)oc4cccc(-c6ccc(-c7ccccc7)cc6)c45)n3)ccc21. The van der Waals surface area contributed by atoms with Gasteiger partial charge in [0.05, 0.1) is 0 Å². The summed E-state index contributed by atoms with van der Waals surface area (Å²) in [5, 5.41) is 2.13. The first-order chi connectivity index (χ1) is 31.4. The number of rotatable bonds is 7. The zero-order valence-corrected chi connectivity index (χ0v) is 35.5. The molecule has 4 heteroatoms. The molecule has 0 radical (unpaired) electrons. The second-order valence-electron chi connectivity index (χ2n) is 17.2. The second kappa shape index (κ2) is 15.0. The van der Waals surface area contributed by atoms with E-state index in [2.05, 4.69) is 214 Å². The first-order valence-electron chi connectivity index (χ1n) is 21.8. The van der Waals surface area contributed by atoms with Crippen LogP contribution < -0.4 is 0 Å². The van der Waals surface area contributed by atoms with Gasteiger partial charge < -0.3 is 4.42 Å². The van der Waals surface area contributed by atoms with Gasteiger partial charge >= 0.3 is 0 Å². The zero-order valence-electron chi connectivity index (χ0n) is 35.5. The lowest BCUT2D eigenvalue weighted by atomic mass is 9.82. The highest BCUT2D eigenvalue weighted by atomic mass is 16.3. The molecule has 0 saturated carbocycles. The van der Waals surface area contributed by atoms with Crippen molar-refractivity contribution in [3.63, 3.8) is 0 Å². The lowest BCUT2D eigenvalue weighted by Gasteiger charge is -2.21. The number of aromatic nitrogens is 3. The van der Waals surface area contributed by atoms with Gasteiger partial charge in [-0.2, -0.15) is 0 Å². The van der Waals surface area contributed by atoms with Crippen LogP contribution in [0.4, 0.5) is 0 Å². The van der Waals surface area contributed by atoms with Crippen LogP contribution in [-0.4, -0.2) is 15.0 Å². The third kappa shape index (κ3) is 6.42. The standard InChI is InChI=1S/C60H41N3O/c1-60(2)52-23-13-12-21-49(52)51-36-43(30-32-53(51)60)57-61-58(63-59(62-57)47-34-45(39-17-8-4-9-18-39)33-46(35-47)40-19-10-5-11-20-40)44-29-31-50-55(37-44)64-54-24-14-22-48(56(50)54)42-27-25-41(26-28-42)38-15-6-3-7-16-38/h3-37H,1-2H3. The van der Waals surface area contributed by atoms with Crippen molar-refractivity contribution in [2.45, 2.75) is 19.3 Å². The Bertz CT molecular complexity index is 3500. The van der Waals surface area contributed by atoms with E-state index in [9.17, 15) is 0 Å². The molecule has 12 rings (SSSR count). The Balaban J connectivity index is 1.02. The molecule has 1 aliphatic rings. The van der Waals surface area contributed by atoms with Crippen LogP contribution in [0.15, 0.2) is 217 Å². The molecule has 0 bridgehead atoms. The molecule has 0 amide bonds. The Labute approximate surface area is 372 Å². The quantitative estimate of drug-likeness (QED) is 0.161. The predicted molar refractivity (Wildman–Crippen MR) is 263 cm³/mol. The second-order valence-corrected chi connectivity index (χ2v) is 17.2. The Hall–Kier alpha value is -8.21. The molecule has 0 fully saturated rings. The molecule has 302 valence electrons. The topological polar surface area (TPSA) is 51.8 Å². The van der Waals surface area contributed by atoms with Crippen LogP contribution in [0.3, 0.4) is 0 Å². The van der Waals surface area contributed by atoms with Crippen molar-refractivity contribution in [1.29, 1.82) is 0 Å². The third-order valence-electron chi connectivity index (χ3n) is 12.9. The normalized spacial score (nSPS) is 12.7. The van der Waals surface area contributed by atoms with Crippen molar-refractivity contribution >= 4 is 21.9 Å². The summed E-state index contributed by atoms with van der Waals surface area (Å²) in [6, 6.07) is 75.0. The van der Waals surface area contributed by atoms with E-state index < -0.39 is 0 Å². The lowest BCUT2D eigenvalue weighted by Crippen LogP contribution is -2.14. The number of furan rings is 1. The average Bonchev–Trinajstić information content (AvgIpc) is 3.85. The van der Waals surface area contributed by atoms with Crippen molar-refractivity contribution in [2.24, 2.45) is 0 Å². The van der Waals surface area contributed by atoms with E-state index in [-0.39, 0.29) is 5.41 Å². The van der Waals surface area contributed by atoms with Crippen LogP contribution in [0.25, 0.3) is 112 Å². The Kier molecular flexibility index (Phi) is 8.80. The molecule has 4 nitrogen and oxygen atoms in total. The summed E-state index contributed by atoms with van der Waals surface area (Å²) < 4.78 is 6.66. The van der Waals surface area contributed by atoms with Crippen LogP contribution in [0.1, 0.15) is 25.0 Å². The first kappa shape index (κ1) is 37.5. The molecule has 9 aromatic carbocycles. The van der Waals surface area contributed by atoms with Gasteiger partial charge in [0.1, 0.15) is 11.2 Å². The molecular weight excluding hydrogens is 779 g/mol. The minimum absolute atomic E-state index is 0.112. The highest BCUT2D eigenvalue weighted by molar-refractivity contribution is 6.13.